The van der Waals surface area contributed by atoms with E-state index in [4.69, 9.17) is 4.74 Å². The quantitative estimate of drug-likeness (QED) is 0.701. The van der Waals surface area contributed by atoms with E-state index in [1.165, 1.54) is 38.5 Å². The molecule has 1 rings (SSSR count). The zero-order chi connectivity index (χ0) is 11.8. The van der Waals surface area contributed by atoms with Crippen LogP contribution in [0, 0.1) is 5.92 Å². The second-order valence-corrected chi connectivity index (χ2v) is 5.01. The highest BCUT2D eigenvalue weighted by Gasteiger charge is 2.22. The molecule has 0 aromatic carbocycles. The zero-order valence-corrected chi connectivity index (χ0v) is 10.7. The molecule has 0 heterocycles. The van der Waals surface area contributed by atoms with Crippen LogP contribution in [0.3, 0.4) is 0 Å². The molecule has 16 heavy (non-hydrogen) atoms. The molecule has 0 bridgehead atoms. The van der Waals surface area contributed by atoms with Gasteiger partial charge < -0.3 is 15.2 Å². The third kappa shape index (κ3) is 4.81. The minimum atomic E-state index is 0.109. The number of nitrogens with one attached hydrogen (secondary N) is 1. The van der Waals surface area contributed by atoms with Crippen molar-refractivity contribution >= 4 is 0 Å². The Hall–Kier alpha value is -0.120. The third-order valence-electron chi connectivity index (χ3n) is 3.60. The van der Waals surface area contributed by atoms with Gasteiger partial charge in [-0.3, -0.25) is 0 Å². The van der Waals surface area contributed by atoms with Crippen molar-refractivity contribution in [1.29, 1.82) is 0 Å². The Morgan fingerprint density at radius 1 is 1.31 bits per heavy atom. The lowest BCUT2D eigenvalue weighted by Crippen LogP contribution is -2.44. The number of hydrogen-bond donors (Lipinski definition) is 2. The average Bonchev–Trinajstić information content (AvgIpc) is 2.31. The smallest absolute Gasteiger partial charge is 0.0638 e. The van der Waals surface area contributed by atoms with Crippen molar-refractivity contribution in [3.05, 3.63) is 0 Å². The first-order valence-electron chi connectivity index (χ1n) is 6.66. The first-order chi connectivity index (χ1) is 7.80. The average molecular weight is 229 g/mol. The van der Waals surface area contributed by atoms with E-state index in [1.807, 2.05) is 0 Å². The van der Waals surface area contributed by atoms with E-state index in [0.29, 0.717) is 12.6 Å². The predicted molar refractivity (Wildman–Crippen MR) is 66.5 cm³/mol. The molecule has 96 valence electrons. The Labute approximate surface area is 99.6 Å². The Morgan fingerprint density at radius 3 is 2.50 bits per heavy atom. The molecule has 0 radical (unpaired) electrons. The maximum absolute atomic E-state index is 9.18. The summed E-state index contributed by atoms with van der Waals surface area (Å²) in [6, 6.07) is 0.693. The minimum absolute atomic E-state index is 0.109. The molecule has 1 aliphatic carbocycles. The van der Waals surface area contributed by atoms with Gasteiger partial charge in [0.15, 0.2) is 0 Å². The van der Waals surface area contributed by atoms with Crippen LogP contribution in [-0.4, -0.2) is 37.5 Å². The lowest BCUT2D eigenvalue weighted by molar-refractivity contribution is 0.115. The summed E-state index contributed by atoms with van der Waals surface area (Å²) < 4.78 is 5.07. The van der Waals surface area contributed by atoms with Crippen LogP contribution in [0.25, 0.3) is 0 Å². The standard InChI is InChI=1S/C13H27NO2/c1-3-4-11-5-7-12(8-6-11)14-13(9-15)10-16-2/h11-15H,3-10H2,1-2H3. The van der Waals surface area contributed by atoms with Crippen molar-refractivity contribution in [3.63, 3.8) is 0 Å². The number of aliphatic hydroxyl groups is 1. The Balaban J connectivity index is 2.20. The van der Waals surface area contributed by atoms with Gasteiger partial charge in [0.1, 0.15) is 0 Å². The number of hydrogen-bond acceptors (Lipinski definition) is 3. The fourth-order valence-electron chi connectivity index (χ4n) is 2.71. The van der Waals surface area contributed by atoms with Gasteiger partial charge in [-0.05, 0) is 31.6 Å². The number of methoxy groups -OCH3 is 1. The molecule has 0 aliphatic heterocycles. The van der Waals surface area contributed by atoms with Crippen LogP contribution in [0.15, 0.2) is 0 Å². The number of rotatable bonds is 7. The highest BCUT2D eigenvalue weighted by Crippen LogP contribution is 2.27. The lowest BCUT2D eigenvalue weighted by Gasteiger charge is -2.31. The fraction of sp³-hybridized carbons (Fsp3) is 1.00. The van der Waals surface area contributed by atoms with E-state index in [0.717, 1.165) is 5.92 Å². The van der Waals surface area contributed by atoms with Crippen LogP contribution < -0.4 is 5.32 Å². The SMILES string of the molecule is CCCC1CCC(NC(CO)COC)CC1. The van der Waals surface area contributed by atoms with Crippen LogP contribution in [-0.2, 0) is 4.74 Å². The molecule has 1 fully saturated rings. The van der Waals surface area contributed by atoms with Crippen molar-refractivity contribution < 1.29 is 9.84 Å². The van der Waals surface area contributed by atoms with Crippen molar-refractivity contribution in [3.8, 4) is 0 Å². The topological polar surface area (TPSA) is 41.5 Å². The number of ether oxygens (including phenoxy) is 1. The molecular formula is C13H27NO2. The fourth-order valence-corrected chi connectivity index (χ4v) is 2.71. The highest BCUT2D eigenvalue weighted by atomic mass is 16.5. The molecule has 1 saturated carbocycles. The van der Waals surface area contributed by atoms with Gasteiger partial charge in [0.25, 0.3) is 0 Å². The molecule has 3 heteroatoms. The van der Waals surface area contributed by atoms with Crippen LogP contribution in [0.1, 0.15) is 45.4 Å². The molecule has 1 unspecified atom stereocenters. The highest BCUT2D eigenvalue weighted by molar-refractivity contribution is 4.80. The largest absolute Gasteiger partial charge is 0.395 e. The molecule has 1 aliphatic rings. The molecule has 0 aromatic rings. The van der Waals surface area contributed by atoms with Gasteiger partial charge in [-0.25, -0.2) is 0 Å². The van der Waals surface area contributed by atoms with Crippen molar-refractivity contribution in [2.24, 2.45) is 5.92 Å². The summed E-state index contributed by atoms with van der Waals surface area (Å²) in [4.78, 5) is 0. The number of aliphatic hydroxyl groups excluding tert-OH is 1. The van der Waals surface area contributed by atoms with Gasteiger partial charge in [0.2, 0.25) is 0 Å². The molecule has 2 N–H and O–H groups in total. The van der Waals surface area contributed by atoms with Gasteiger partial charge >= 0.3 is 0 Å². The third-order valence-corrected chi connectivity index (χ3v) is 3.60. The van der Waals surface area contributed by atoms with E-state index in [9.17, 15) is 5.11 Å². The Kier molecular flexibility index (Phi) is 7.01. The molecule has 0 amide bonds. The summed E-state index contributed by atoms with van der Waals surface area (Å²) in [6.07, 6.45) is 7.89. The zero-order valence-electron chi connectivity index (χ0n) is 10.7. The maximum Gasteiger partial charge on any atom is 0.0638 e. The summed E-state index contributed by atoms with van der Waals surface area (Å²) in [7, 11) is 1.68. The molecule has 3 nitrogen and oxygen atoms in total. The molecule has 0 spiro atoms. The van der Waals surface area contributed by atoms with Crippen molar-refractivity contribution in [1.82, 2.24) is 5.32 Å². The Bertz CT molecular complexity index is 167. The molecular weight excluding hydrogens is 202 g/mol. The maximum atomic E-state index is 9.18. The molecule has 1 atom stereocenters. The summed E-state index contributed by atoms with van der Waals surface area (Å²) in [5.74, 6) is 0.943. The molecule has 0 aromatic heterocycles. The van der Waals surface area contributed by atoms with Gasteiger partial charge in [-0.15, -0.1) is 0 Å². The van der Waals surface area contributed by atoms with Crippen molar-refractivity contribution in [2.45, 2.75) is 57.5 Å². The van der Waals surface area contributed by atoms with E-state index in [1.54, 1.807) is 7.11 Å². The normalized spacial score (nSPS) is 27.9. The van der Waals surface area contributed by atoms with Gasteiger partial charge in [-0.1, -0.05) is 19.8 Å². The van der Waals surface area contributed by atoms with Crippen LogP contribution in [0.5, 0.6) is 0 Å². The van der Waals surface area contributed by atoms with E-state index >= 15 is 0 Å². The summed E-state index contributed by atoms with van der Waals surface area (Å²) in [5, 5.41) is 12.7. The van der Waals surface area contributed by atoms with E-state index < -0.39 is 0 Å². The van der Waals surface area contributed by atoms with Crippen molar-refractivity contribution in [2.75, 3.05) is 20.3 Å². The summed E-state index contributed by atoms with van der Waals surface area (Å²) in [5.41, 5.74) is 0. The predicted octanol–water partition coefficient (Wildman–Crippen LogP) is 1.94. The van der Waals surface area contributed by atoms with Crippen LogP contribution in [0.2, 0.25) is 0 Å². The summed E-state index contributed by atoms with van der Waals surface area (Å²) >= 11 is 0. The van der Waals surface area contributed by atoms with E-state index in [2.05, 4.69) is 12.2 Å². The van der Waals surface area contributed by atoms with Gasteiger partial charge in [0.05, 0.1) is 19.3 Å². The minimum Gasteiger partial charge on any atom is -0.395 e. The first-order valence-corrected chi connectivity index (χ1v) is 6.66. The molecule has 0 saturated heterocycles. The Morgan fingerprint density at radius 2 is 2.00 bits per heavy atom. The van der Waals surface area contributed by atoms with Crippen LogP contribution >= 0.6 is 0 Å². The lowest BCUT2D eigenvalue weighted by atomic mass is 9.83. The van der Waals surface area contributed by atoms with Gasteiger partial charge in [0, 0.05) is 13.2 Å². The first kappa shape index (κ1) is 13.9. The second-order valence-electron chi connectivity index (χ2n) is 5.01. The van der Waals surface area contributed by atoms with Crippen LogP contribution in [0.4, 0.5) is 0 Å². The van der Waals surface area contributed by atoms with E-state index in [-0.39, 0.29) is 12.6 Å². The summed E-state index contributed by atoms with van der Waals surface area (Å²) in [6.45, 7) is 3.04. The second kappa shape index (κ2) is 8.04. The monoisotopic (exact) mass is 229 g/mol. The van der Waals surface area contributed by atoms with Gasteiger partial charge in [-0.2, -0.15) is 0 Å².